The smallest absolute Gasteiger partial charge is 0.255 e. The molecule has 4 nitrogen and oxygen atoms in total. The molecule has 1 heterocycles. The zero-order valence-corrected chi connectivity index (χ0v) is 8.49. The molecule has 0 fully saturated rings. The molecule has 1 aliphatic heterocycles. The van der Waals surface area contributed by atoms with E-state index < -0.39 is 6.10 Å². The van der Waals surface area contributed by atoms with Gasteiger partial charge in [-0.1, -0.05) is 6.07 Å². The Balaban J connectivity index is 2.44. The number of amides is 1. The molecular formula is C11H13NO3. The van der Waals surface area contributed by atoms with E-state index in [1.807, 2.05) is 0 Å². The molecule has 1 aromatic rings. The minimum Gasteiger partial charge on any atom is -0.491 e. The Hall–Kier alpha value is -1.55. The standard InChI is InChI=1S/C11H13NO3/c1-7(13)8-2-3-10-9(6-8)11(14)12-4-5-15-10/h2-3,6-7,13H,4-5H2,1H3,(H,12,14). The summed E-state index contributed by atoms with van der Waals surface area (Å²) in [5, 5.41) is 12.1. The summed E-state index contributed by atoms with van der Waals surface area (Å²) in [6.07, 6.45) is -0.577. The lowest BCUT2D eigenvalue weighted by molar-refractivity contribution is 0.0957. The van der Waals surface area contributed by atoms with Gasteiger partial charge < -0.3 is 15.2 Å². The van der Waals surface area contributed by atoms with Gasteiger partial charge in [0.1, 0.15) is 12.4 Å². The molecule has 0 saturated carbocycles. The molecule has 4 heteroatoms. The van der Waals surface area contributed by atoms with Crippen molar-refractivity contribution >= 4 is 5.91 Å². The average Bonchev–Trinajstić information content (AvgIpc) is 2.40. The Kier molecular flexibility index (Phi) is 2.60. The normalized spacial score (nSPS) is 17.1. The quantitative estimate of drug-likeness (QED) is 0.718. The molecule has 1 atom stereocenters. The van der Waals surface area contributed by atoms with Crippen molar-refractivity contribution in [3.8, 4) is 5.75 Å². The van der Waals surface area contributed by atoms with Gasteiger partial charge in [-0.15, -0.1) is 0 Å². The van der Waals surface area contributed by atoms with Gasteiger partial charge in [-0.05, 0) is 24.6 Å². The van der Waals surface area contributed by atoms with Crippen LogP contribution in [0.1, 0.15) is 28.9 Å². The van der Waals surface area contributed by atoms with Crippen molar-refractivity contribution in [2.45, 2.75) is 13.0 Å². The van der Waals surface area contributed by atoms with Crippen LogP contribution < -0.4 is 10.1 Å². The maximum Gasteiger partial charge on any atom is 0.255 e. The largest absolute Gasteiger partial charge is 0.491 e. The molecule has 1 aliphatic rings. The van der Waals surface area contributed by atoms with Crippen LogP contribution in [0.2, 0.25) is 0 Å². The van der Waals surface area contributed by atoms with Crippen LogP contribution in [-0.2, 0) is 0 Å². The molecule has 0 spiro atoms. The lowest BCUT2D eigenvalue weighted by Gasteiger charge is -2.09. The summed E-state index contributed by atoms with van der Waals surface area (Å²) in [5.74, 6) is 0.430. The van der Waals surface area contributed by atoms with Crippen molar-refractivity contribution in [3.05, 3.63) is 29.3 Å². The molecule has 0 bridgehead atoms. The molecule has 0 saturated heterocycles. The lowest BCUT2D eigenvalue weighted by atomic mass is 10.1. The highest BCUT2D eigenvalue weighted by atomic mass is 16.5. The van der Waals surface area contributed by atoms with Crippen molar-refractivity contribution in [2.24, 2.45) is 0 Å². The van der Waals surface area contributed by atoms with E-state index in [1.54, 1.807) is 25.1 Å². The van der Waals surface area contributed by atoms with Crippen molar-refractivity contribution in [2.75, 3.05) is 13.2 Å². The average molecular weight is 207 g/mol. The fraction of sp³-hybridized carbons (Fsp3) is 0.364. The van der Waals surface area contributed by atoms with E-state index in [1.165, 1.54) is 0 Å². The minimum atomic E-state index is -0.577. The number of hydrogen-bond donors (Lipinski definition) is 2. The number of aliphatic hydroxyl groups is 1. The number of aliphatic hydroxyl groups excluding tert-OH is 1. The Morgan fingerprint density at radius 2 is 2.33 bits per heavy atom. The number of benzene rings is 1. The summed E-state index contributed by atoms with van der Waals surface area (Å²) >= 11 is 0. The summed E-state index contributed by atoms with van der Waals surface area (Å²) < 4.78 is 5.39. The minimum absolute atomic E-state index is 0.148. The first-order valence-electron chi connectivity index (χ1n) is 4.91. The van der Waals surface area contributed by atoms with Gasteiger partial charge in [-0.25, -0.2) is 0 Å². The van der Waals surface area contributed by atoms with Crippen molar-refractivity contribution in [1.82, 2.24) is 5.32 Å². The van der Waals surface area contributed by atoms with E-state index in [-0.39, 0.29) is 5.91 Å². The molecule has 1 aromatic carbocycles. The molecule has 0 aromatic heterocycles. The zero-order chi connectivity index (χ0) is 10.8. The number of nitrogens with one attached hydrogen (secondary N) is 1. The molecule has 2 N–H and O–H groups in total. The van der Waals surface area contributed by atoms with Gasteiger partial charge in [-0.2, -0.15) is 0 Å². The van der Waals surface area contributed by atoms with Crippen LogP contribution in [0.25, 0.3) is 0 Å². The maximum absolute atomic E-state index is 11.6. The van der Waals surface area contributed by atoms with Gasteiger partial charge in [-0.3, -0.25) is 4.79 Å². The van der Waals surface area contributed by atoms with Gasteiger partial charge in [0.15, 0.2) is 0 Å². The third-order valence-corrected chi connectivity index (χ3v) is 2.38. The number of fused-ring (bicyclic) bond motifs is 1. The van der Waals surface area contributed by atoms with Crippen LogP contribution in [0.4, 0.5) is 0 Å². The number of carbonyl (C=O) groups is 1. The third-order valence-electron chi connectivity index (χ3n) is 2.38. The first-order chi connectivity index (χ1) is 7.18. The maximum atomic E-state index is 11.6. The topological polar surface area (TPSA) is 58.6 Å². The van der Waals surface area contributed by atoms with Crippen LogP contribution >= 0.6 is 0 Å². The van der Waals surface area contributed by atoms with Crippen molar-refractivity contribution < 1.29 is 14.6 Å². The highest BCUT2D eigenvalue weighted by Gasteiger charge is 2.17. The SMILES string of the molecule is CC(O)c1ccc2c(c1)C(=O)NCCO2. The summed E-state index contributed by atoms with van der Waals surface area (Å²) in [5.41, 5.74) is 1.21. The van der Waals surface area contributed by atoms with Gasteiger partial charge in [0, 0.05) is 0 Å². The van der Waals surface area contributed by atoms with E-state index in [9.17, 15) is 9.90 Å². The summed E-state index contributed by atoms with van der Waals surface area (Å²) in [7, 11) is 0. The Morgan fingerprint density at radius 3 is 3.07 bits per heavy atom. The molecule has 1 unspecified atom stereocenters. The molecular weight excluding hydrogens is 194 g/mol. The molecule has 0 radical (unpaired) electrons. The monoisotopic (exact) mass is 207 g/mol. The Bertz CT molecular complexity index is 387. The van der Waals surface area contributed by atoms with Crippen LogP contribution in [-0.4, -0.2) is 24.2 Å². The van der Waals surface area contributed by atoms with E-state index in [0.717, 1.165) is 5.56 Å². The van der Waals surface area contributed by atoms with Crippen LogP contribution in [0, 0.1) is 0 Å². The Labute approximate surface area is 87.9 Å². The molecule has 0 aliphatic carbocycles. The van der Waals surface area contributed by atoms with Crippen LogP contribution in [0.5, 0.6) is 5.75 Å². The summed E-state index contributed by atoms with van der Waals surface area (Å²) in [6, 6.07) is 5.16. The van der Waals surface area contributed by atoms with Gasteiger partial charge in [0.2, 0.25) is 0 Å². The van der Waals surface area contributed by atoms with Gasteiger partial charge in [0.25, 0.3) is 5.91 Å². The fourth-order valence-corrected chi connectivity index (χ4v) is 1.53. The Morgan fingerprint density at radius 1 is 1.53 bits per heavy atom. The van der Waals surface area contributed by atoms with Crippen molar-refractivity contribution in [1.29, 1.82) is 0 Å². The predicted molar refractivity (Wildman–Crippen MR) is 54.9 cm³/mol. The number of carbonyl (C=O) groups excluding carboxylic acids is 1. The third kappa shape index (κ3) is 1.94. The highest BCUT2D eigenvalue weighted by molar-refractivity contribution is 5.97. The van der Waals surface area contributed by atoms with Crippen LogP contribution in [0.3, 0.4) is 0 Å². The first-order valence-corrected chi connectivity index (χ1v) is 4.91. The van der Waals surface area contributed by atoms with Crippen LogP contribution in [0.15, 0.2) is 18.2 Å². The van der Waals surface area contributed by atoms with E-state index in [4.69, 9.17) is 4.74 Å². The molecule has 15 heavy (non-hydrogen) atoms. The second-order valence-electron chi connectivity index (χ2n) is 3.54. The zero-order valence-electron chi connectivity index (χ0n) is 8.49. The van der Waals surface area contributed by atoms with Crippen molar-refractivity contribution in [3.63, 3.8) is 0 Å². The molecule has 2 rings (SSSR count). The van der Waals surface area contributed by atoms with E-state index >= 15 is 0 Å². The van der Waals surface area contributed by atoms with Gasteiger partial charge in [0.05, 0.1) is 18.2 Å². The number of hydrogen-bond acceptors (Lipinski definition) is 3. The first kappa shape index (κ1) is 9.98. The van der Waals surface area contributed by atoms with Gasteiger partial charge >= 0.3 is 0 Å². The summed E-state index contributed by atoms with van der Waals surface area (Å²) in [6.45, 7) is 2.65. The molecule has 1 amide bonds. The second-order valence-corrected chi connectivity index (χ2v) is 3.54. The number of ether oxygens (including phenoxy) is 1. The predicted octanol–water partition coefficient (Wildman–Crippen LogP) is 0.862. The van der Waals surface area contributed by atoms with E-state index in [2.05, 4.69) is 5.32 Å². The molecule has 80 valence electrons. The van der Waals surface area contributed by atoms with E-state index in [0.29, 0.717) is 24.5 Å². The fourth-order valence-electron chi connectivity index (χ4n) is 1.53. The second kappa shape index (κ2) is 3.90. The highest BCUT2D eigenvalue weighted by Crippen LogP contribution is 2.24. The lowest BCUT2D eigenvalue weighted by Crippen LogP contribution is -2.24. The summed E-state index contributed by atoms with van der Waals surface area (Å²) in [4.78, 5) is 11.6. The number of rotatable bonds is 1.